The number of halogens is 1. The second-order valence-corrected chi connectivity index (χ2v) is 7.44. The maximum Gasteiger partial charge on any atom is 0.0948 e. The number of hydrogen-bond donors (Lipinski definition) is 0. The van der Waals surface area contributed by atoms with Crippen LogP contribution in [0.25, 0.3) is 37.2 Å². The number of nitrogens with zero attached hydrogens (tertiary/aromatic N) is 2. The third kappa shape index (κ3) is 1.84. The van der Waals surface area contributed by atoms with Crippen molar-refractivity contribution in [1.29, 1.82) is 0 Å². The lowest BCUT2D eigenvalue weighted by atomic mass is 10.0. The van der Waals surface area contributed by atoms with Crippen LogP contribution in [0.2, 0.25) is 5.02 Å². The van der Waals surface area contributed by atoms with Crippen molar-refractivity contribution < 1.29 is 0 Å². The normalized spacial score (nSPS) is 14.1. The number of likely N-dealkylation sites (N-methyl/N-ethyl adjacent to an activating group) is 1. The fourth-order valence-electron chi connectivity index (χ4n) is 3.47. The first-order valence-electron chi connectivity index (χ1n) is 7.53. The summed E-state index contributed by atoms with van der Waals surface area (Å²) in [5.41, 5.74) is 3.52. The van der Waals surface area contributed by atoms with Gasteiger partial charge in [0.25, 0.3) is 0 Å². The number of hydrogen-bond acceptors (Lipinski definition) is 3. The highest BCUT2D eigenvalue weighted by molar-refractivity contribution is 7.26. The number of pyridine rings is 1. The van der Waals surface area contributed by atoms with Gasteiger partial charge in [0, 0.05) is 45.7 Å². The maximum absolute atomic E-state index is 6.24. The second-order valence-electron chi connectivity index (χ2n) is 5.92. The molecule has 0 bridgehead atoms. The van der Waals surface area contributed by atoms with Crippen molar-refractivity contribution in [3.63, 3.8) is 0 Å². The molecule has 0 amide bonds. The minimum Gasteiger partial charge on any atom is -0.369 e. The number of thiophene rings is 1. The molecule has 112 valence electrons. The van der Waals surface area contributed by atoms with Crippen LogP contribution in [-0.4, -0.2) is 18.6 Å². The lowest BCUT2D eigenvalue weighted by Gasteiger charge is -2.24. The van der Waals surface area contributed by atoms with Crippen LogP contribution >= 0.6 is 22.9 Å². The Labute approximate surface area is 142 Å². The molecule has 2 aromatic carbocycles. The summed E-state index contributed by atoms with van der Waals surface area (Å²) in [4.78, 5) is 7.05. The first-order chi connectivity index (χ1) is 11.2. The van der Waals surface area contributed by atoms with Gasteiger partial charge in [-0.1, -0.05) is 35.9 Å². The van der Waals surface area contributed by atoms with Crippen LogP contribution < -0.4 is 4.90 Å². The van der Waals surface area contributed by atoms with Gasteiger partial charge >= 0.3 is 0 Å². The SMILES string of the molecule is CN1CC=Cc2ccc3c(ncc4sc5ccc(Cl)cc5c43)c21. The predicted octanol–water partition coefficient (Wildman–Crippen LogP) is 5.72. The Hall–Kier alpha value is -2.10. The van der Waals surface area contributed by atoms with E-state index in [1.54, 1.807) is 11.3 Å². The van der Waals surface area contributed by atoms with Crippen molar-refractivity contribution >= 4 is 65.8 Å². The molecular weight excluding hydrogens is 324 g/mol. The summed E-state index contributed by atoms with van der Waals surface area (Å²) >= 11 is 8.01. The summed E-state index contributed by atoms with van der Waals surface area (Å²) in [6.45, 7) is 0.919. The Bertz CT molecular complexity index is 1130. The Kier molecular flexibility index (Phi) is 2.73. The molecule has 3 heterocycles. The third-order valence-electron chi connectivity index (χ3n) is 4.50. The van der Waals surface area contributed by atoms with Gasteiger partial charge in [0.15, 0.2) is 0 Å². The van der Waals surface area contributed by atoms with Crippen LogP contribution in [0.1, 0.15) is 5.56 Å². The van der Waals surface area contributed by atoms with E-state index in [0.717, 1.165) is 17.1 Å². The third-order valence-corrected chi connectivity index (χ3v) is 5.84. The zero-order valence-corrected chi connectivity index (χ0v) is 14.1. The molecule has 5 rings (SSSR count). The molecule has 4 heteroatoms. The smallest absolute Gasteiger partial charge is 0.0948 e. The summed E-state index contributed by atoms with van der Waals surface area (Å²) in [6, 6.07) is 10.5. The van der Waals surface area contributed by atoms with Gasteiger partial charge in [-0.15, -0.1) is 11.3 Å². The highest BCUT2D eigenvalue weighted by Gasteiger charge is 2.17. The minimum atomic E-state index is 0.778. The summed E-state index contributed by atoms with van der Waals surface area (Å²) < 4.78 is 2.47. The summed E-state index contributed by atoms with van der Waals surface area (Å²) in [5.74, 6) is 0. The zero-order valence-electron chi connectivity index (χ0n) is 12.5. The van der Waals surface area contributed by atoms with Gasteiger partial charge in [-0.25, -0.2) is 0 Å². The van der Waals surface area contributed by atoms with Crippen molar-refractivity contribution in [2.45, 2.75) is 0 Å². The van der Waals surface area contributed by atoms with E-state index >= 15 is 0 Å². The molecule has 0 unspecified atom stereocenters. The van der Waals surface area contributed by atoms with Gasteiger partial charge < -0.3 is 4.90 Å². The van der Waals surface area contributed by atoms with Crippen LogP contribution in [-0.2, 0) is 0 Å². The molecule has 0 N–H and O–H groups in total. The van der Waals surface area contributed by atoms with Gasteiger partial charge in [0.05, 0.1) is 15.9 Å². The summed E-state index contributed by atoms with van der Waals surface area (Å²) in [7, 11) is 2.12. The van der Waals surface area contributed by atoms with E-state index < -0.39 is 0 Å². The molecule has 0 saturated carbocycles. The number of rotatable bonds is 0. The zero-order chi connectivity index (χ0) is 15.6. The van der Waals surface area contributed by atoms with E-state index in [1.807, 2.05) is 12.3 Å². The highest BCUT2D eigenvalue weighted by atomic mass is 35.5. The molecular formula is C19H13ClN2S. The maximum atomic E-state index is 6.24. The van der Waals surface area contributed by atoms with Crippen molar-refractivity contribution in [3.8, 4) is 0 Å². The average Bonchev–Trinajstić information content (AvgIpc) is 2.92. The summed E-state index contributed by atoms with van der Waals surface area (Å²) in [6.07, 6.45) is 6.37. The van der Waals surface area contributed by atoms with Crippen LogP contribution in [0.5, 0.6) is 0 Å². The lowest BCUT2D eigenvalue weighted by Crippen LogP contribution is -2.20. The van der Waals surface area contributed by atoms with Crippen molar-refractivity contribution in [2.75, 3.05) is 18.5 Å². The molecule has 0 spiro atoms. The molecule has 0 atom stereocenters. The average molecular weight is 337 g/mol. The Morgan fingerprint density at radius 1 is 1.13 bits per heavy atom. The standard InChI is InChI=1S/C19H13ClN2S/c1-22-8-2-3-11-4-6-13-17-14-9-12(20)5-7-15(14)23-16(17)10-21-18(13)19(11)22/h2-7,9-10H,8H2,1H3. The first kappa shape index (κ1) is 13.3. The first-order valence-corrected chi connectivity index (χ1v) is 8.73. The van der Waals surface area contributed by atoms with Gasteiger partial charge in [-0.3, -0.25) is 4.98 Å². The number of benzene rings is 2. The fourth-order valence-corrected chi connectivity index (χ4v) is 4.72. The van der Waals surface area contributed by atoms with E-state index in [9.17, 15) is 0 Å². The van der Waals surface area contributed by atoms with Crippen LogP contribution in [0, 0.1) is 0 Å². The monoisotopic (exact) mass is 336 g/mol. The number of fused-ring (bicyclic) bond motifs is 7. The van der Waals surface area contributed by atoms with E-state index in [0.29, 0.717) is 0 Å². The highest BCUT2D eigenvalue weighted by Crippen LogP contribution is 2.42. The fraction of sp³-hybridized carbons (Fsp3) is 0.105. The number of anilines is 1. The Morgan fingerprint density at radius 2 is 2.04 bits per heavy atom. The van der Waals surface area contributed by atoms with Crippen LogP contribution in [0.15, 0.2) is 42.6 Å². The van der Waals surface area contributed by atoms with Gasteiger partial charge in [0.2, 0.25) is 0 Å². The van der Waals surface area contributed by atoms with Crippen LogP contribution in [0.3, 0.4) is 0 Å². The summed E-state index contributed by atoms with van der Waals surface area (Å²) in [5, 5.41) is 4.47. The van der Waals surface area contributed by atoms with Gasteiger partial charge in [-0.2, -0.15) is 0 Å². The van der Waals surface area contributed by atoms with Gasteiger partial charge in [-0.05, 0) is 23.8 Å². The van der Waals surface area contributed by atoms with E-state index in [4.69, 9.17) is 16.6 Å². The molecule has 1 aliphatic heterocycles. The van der Waals surface area contributed by atoms with Crippen molar-refractivity contribution in [2.24, 2.45) is 0 Å². The Balaban J connectivity index is 2.00. The molecule has 2 nitrogen and oxygen atoms in total. The molecule has 0 fully saturated rings. The molecule has 4 aromatic rings. The van der Waals surface area contributed by atoms with Crippen molar-refractivity contribution in [1.82, 2.24) is 4.98 Å². The van der Waals surface area contributed by atoms with Gasteiger partial charge in [0.1, 0.15) is 0 Å². The molecule has 0 radical (unpaired) electrons. The van der Waals surface area contributed by atoms with E-state index in [1.165, 1.54) is 36.8 Å². The molecule has 2 aromatic heterocycles. The topological polar surface area (TPSA) is 16.1 Å². The second kappa shape index (κ2) is 4.70. The minimum absolute atomic E-state index is 0.778. The van der Waals surface area contributed by atoms with Crippen LogP contribution in [0.4, 0.5) is 5.69 Å². The molecule has 0 aliphatic carbocycles. The molecule has 23 heavy (non-hydrogen) atoms. The van der Waals surface area contributed by atoms with Crippen molar-refractivity contribution in [3.05, 3.63) is 53.2 Å². The quantitative estimate of drug-likeness (QED) is 0.408. The largest absolute Gasteiger partial charge is 0.369 e. The van der Waals surface area contributed by atoms with E-state index in [2.05, 4.69) is 48.4 Å². The molecule has 1 aliphatic rings. The molecule has 0 saturated heterocycles. The lowest BCUT2D eigenvalue weighted by molar-refractivity contribution is 1.02. The number of aromatic nitrogens is 1. The predicted molar refractivity (Wildman–Crippen MR) is 102 cm³/mol. The van der Waals surface area contributed by atoms with E-state index in [-0.39, 0.29) is 0 Å². The Morgan fingerprint density at radius 3 is 2.96 bits per heavy atom.